The van der Waals surface area contributed by atoms with Crippen LogP contribution >= 0.6 is 20.7 Å². The molecule has 0 amide bonds. The van der Waals surface area contributed by atoms with Gasteiger partial charge in [0.2, 0.25) is 0 Å². The minimum atomic E-state index is -1.03. The third-order valence-electron chi connectivity index (χ3n) is 5.22. The number of aromatic nitrogens is 2. The minimum absolute atomic E-state index is 0.152. The van der Waals surface area contributed by atoms with Crippen LogP contribution in [0, 0.1) is 0 Å². The van der Waals surface area contributed by atoms with Crippen molar-refractivity contribution in [2.75, 3.05) is 6.61 Å². The Bertz CT molecular complexity index is 975. The lowest BCUT2D eigenvalue weighted by Crippen LogP contribution is -2.48. The molecule has 1 saturated heterocycles. The van der Waals surface area contributed by atoms with Crippen LogP contribution in [0.15, 0.2) is 21.9 Å². The molecule has 0 radical (unpaired) electrons. The van der Waals surface area contributed by atoms with Crippen molar-refractivity contribution in [1.29, 1.82) is 0 Å². The molecule has 4 rings (SSSR count). The molecule has 1 aliphatic heterocycles. The van der Waals surface area contributed by atoms with E-state index in [0.29, 0.717) is 43.5 Å². The Morgan fingerprint density at radius 3 is 2.50 bits per heavy atom. The Morgan fingerprint density at radius 2 is 1.90 bits per heavy atom. The van der Waals surface area contributed by atoms with Crippen molar-refractivity contribution in [1.82, 2.24) is 9.78 Å². The number of allylic oxidation sites excluding steroid dienone is 4. The van der Waals surface area contributed by atoms with Crippen LogP contribution in [0.1, 0.15) is 61.5 Å². The Labute approximate surface area is 184 Å². The van der Waals surface area contributed by atoms with Gasteiger partial charge in [0.25, 0.3) is 5.79 Å². The molecule has 1 saturated carbocycles. The summed E-state index contributed by atoms with van der Waals surface area (Å²) in [5.41, 5.74) is 1.97. The van der Waals surface area contributed by atoms with E-state index in [1.165, 1.54) is 0 Å². The highest BCUT2D eigenvalue weighted by molar-refractivity contribution is 14.2. The van der Waals surface area contributed by atoms with Crippen LogP contribution in [0.2, 0.25) is 0 Å². The molecule has 2 heterocycles. The zero-order valence-corrected chi connectivity index (χ0v) is 19.1. The summed E-state index contributed by atoms with van der Waals surface area (Å²) in [6, 6.07) is 0. The van der Waals surface area contributed by atoms with Crippen molar-refractivity contribution in [2.24, 2.45) is 7.05 Å². The van der Waals surface area contributed by atoms with Crippen molar-refractivity contribution in [3.05, 3.63) is 33.2 Å². The lowest BCUT2D eigenvalue weighted by molar-refractivity contribution is -0.224. The van der Waals surface area contributed by atoms with Gasteiger partial charge in [0, 0.05) is 26.1 Å². The zero-order chi connectivity index (χ0) is 21.3. The topological polar surface area (TPSA) is 96.7 Å². The summed E-state index contributed by atoms with van der Waals surface area (Å²) in [5, 5.41) is 4.42. The highest BCUT2D eigenvalue weighted by Gasteiger charge is 2.48. The first-order valence-corrected chi connectivity index (χ1v) is 12.2. The quantitative estimate of drug-likeness (QED) is 0.439. The maximum absolute atomic E-state index is 12.5. The molecule has 0 unspecified atom stereocenters. The number of carbonyl (C=O) groups is 3. The van der Waals surface area contributed by atoms with E-state index in [1.807, 2.05) is 12.2 Å². The van der Waals surface area contributed by atoms with Gasteiger partial charge in [-0.15, -0.1) is 0 Å². The average molecular weight is 526 g/mol. The van der Waals surface area contributed by atoms with Crippen LogP contribution in [0.4, 0.5) is 0 Å². The molecule has 1 aromatic heterocycles. The van der Waals surface area contributed by atoms with Crippen LogP contribution in [0.3, 0.4) is 0 Å². The van der Waals surface area contributed by atoms with E-state index in [0.717, 1.165) is 22.0 Å². The van der Waals surface area contributed by atoms with Gasteiger partial charge >= 0.3 is 17.9 Å². The van der Waals surface area contributed by atoms with Crippen LogP contribution < -0.4 is 0 Å². The van der Waals surface area contributed by atoms with Gasteiger partial charge in [0.15, 0.2) is 3.51 Å². The summed E-state index contributed by atoms with van der Waals surface area (Å²) < 4.78 is 18.9. The van der Waals surface area contributed by atoms with Gasteiger partial charge in [-0.25, -0.2) is 14.4 Å². The molecule has 2 fully saturated rings. The molecule has 30 heavy (non-hydrogen) atoms. The Morgan fingerprint density at radius 1 is 1.20 bits per heavy atom. The van der Waals surface area contributed by atoms with E-state index in [9.17, 15) is 14.4 Å². The Balaban J connectivity index is 1.55. The largest absolute Gasteiger partial charge is 0.462 e. The summed E-state index contributed by atoms with van der Waals surface area (Å²) in [6.45, 7) is 2.06. The third-order valence-corrected chi connectivity index (χ3v) is 8.24. The molecule has 9 heteroatoms. The smallest absolute Gasteiger partial charge is 0.354 e. The second-order valence-electron chi connectivity index (χ2n) is 7.40. The van der Waals surface area contributed by atoms with Crippen molar-refractivity contribution >= 4 is 47.7 Å². The van der Waals surface area contributed by atoms with Gasteiger partial charge < -0.3 is 14.2 Å². The molecule has 0 bridgehead atoms. The second-order valence-corrected chi connectivity index (χ2v) is 10.4. The number of esters is 3. The fourth-order valence-corrected chi connectivity index (χ4v) is 6.07. The predicted octanol–water partition coefficient (Wildman–Crippen LogP) is 3.17. The molecular formula is C21H23IN2O6. The van der Waals surface area contributed by atoms with Crippen molar-refractivity contribution in [3.63, 3.8) is 0 Å². The standard InChI is InChI=1S/C21H23IN2O6/c1-3-28-18(25)15-12-24(2)23-17(15)13-6-8-14(9-7-13)22-16-19(26)29-21(30-20(16)27)10-4-5-11-21/h6,8,12H,3-5,7,9-11H2,1-2H3. The third kappa shape index (κ3) is 4.12. The molecule has 2 aliphatic carbocycles. The molecule has 160 valence electrons. The van der Waals surface area contributed by atoms with Crippen LogP contribution in [-0.2, 0) is 30.8 Å². The fraction of sp³-hybridized carbons (Fsp3) is 0.476. The van der Waals surface area contributed by atoms with Crippen molar-refractivity contribution in [2.45, 2.75) is 51.2 Å². The number of aryl methyl sites for hydroxylation is 1. The van der Waals surface area contributed by atoms with Crippen LogP contribution in [0.5, 0.6) is 0 Å². The van der Waals surface area contributed by atoms with Gasteiger partial charge in [-0.05, 0) is 41.8 Å². The van der Waals surface area contributed by atoms with Crippen LogP contribution in [-0.4, -0.2) is 43.6 Å². The number of hydrogen-bond acceptors (Lipinski definition) is 7. The zero-order valence-electron chi connectivity index (χ0n) is 16.9. The van der Waals surface area contributed by atoms with Crippen molar-refractivity contribution in [3.8, 4) is 0 Å². The molecule has 3 aliphatic rings. The van der Waals surface area contributed by atoms with Gasteiger partial charge in [0.1, 0.15) is 11.3 Å². The fourth-order valence-electron chi connectivity index (χ4n) is 3.82. The number of rotatable bonds is 4. The highest BCUT2D eigenvalue weighted by Crippen LogP contribution is 2.39. The number of halogens is 1. The highest BCUT2D eigenvalue weighted by atomic mass is 127. The Hall–Kier alpha value is -2.30. The normalized spacial score (nSPS) is 20.5. The molecule has 0 N–H and O–H groups in total. The van der Waals surface area contributed by atoms with Gasteiger partial charge in [-0.1, -0.05) is 32.9 Å². The van der Waals surface area contributed by atoms with E-state index in [1.54, 1.807) is 24.9 Å². The van der Waals surface area contributed by atoms with E-state index in [4.69, 9.17) is 14.2 Å². The SMILES string of the molecule is CCOC(=O)c1cn(C)nc1C1=CC=C(I=C2C(=O)OC3(CCCC3)OC2=O)CC1. The molecular weight excluding hydrogens is 503 g/mol. The number of nitrogens with zero attached hydrogens (tertiary/aromatic N) is 2. The van der Waals surface area contributed by atoms with E-state index in [2.05, 4.69) is 5.10 Å². The van der Waals surface area contributed by atoms with Gasteiger partial charge in [-0.2, -0.15) is 5.10 Å². The second kappa shape index (κ2) is 8.44. The maximum Gasteiger partial charge on any atom is 0.354 e. The molecule has 1 aromatic rings. The number of ether oxygens (including phenoxy) is 3. The molecule has 0 aromatic carbocycles. The summed E-state index contributed by atoms with van der Waals surface area (Å²) in [7, 11) is 1.76. The monoisotopic (exact) mass is 526 g/mol. The molecule has 8 nitrogen and oxygen atoms in total. The minimum Gasteiger partial charge on any atom is -0.462 e. The first kappa shape index (κ1) is 21.0. The Kier molecular flexibility index (Phi) is 5.90. The lowest BCUT2D eigenvalue weighted by atomic mass is 9.99. The first-order chi connectivity index (χ1) is 14.4. The number of carbonyl (C=O) groups excluding carboxylic acids is 3. The summed E-state index contributed by atoms with van der Waals surface area (Å²) in [6.07, 6.45) is 9.78. The van der Waals surface area contributed by atoms with Crippen molar-refractivity contribution < 1.29 is 28.6 Å². The van der Waals surface area contributed by atoms with Gasteiger partial charge in [-0.3, -0.25) is 4.68 Å². The van der Waals surface area contributed by atoms with Crippen LogP contribution in [0.25, 0.3) is 5.57 Å². The lowest BCUT2D eigenvalue weighted by Gasteiger charge is -2.32. The number of hydrogen-bond donors (Lipinski definition) is 0. The maximum atomic E-state index is 12.5. The summed E-state index contributed by atoms with van der Waals surface area (Å²) in [5.74, 6) is -2.47. The van der Waals surface area contributed by atoms with E-state index >= 15 is 0 Å². The predicted molar refractivity (Wildman–Crippen MR) is 117 cm³/mol. The van der Waals surface area contributed by atoms with Gasteiger partial charge in [0.05, 0.1) is 6.61 Å². The summed E-state index contributed by atoms with van der Waals surface area (Å²) in [4.78, 5) is 37.1. The molecule has 1 spiro atoms. The average Bonchev–Trinajstić information content (AvgIpc) is 3.32. The van der Waals surface area contributed by atoms with E-state index < -0.39 is 44.4 Å². The first-order valence-electron chi connectivity index (χ1n) is 10.00. The molecule has 0 atom stereocenters. The van der Waals surface area contributed by atoms with E-state index in [-0.39, 0.29) is 3.51 Å². The summed E-state index contributed by atoms with van der Waals surface area (Å²) >= 11 is -0.974.